The Hall–Kier alpha value is -2.35. The van der Waals surface area contributed by atoms with Crippen molar-refractivity contribution in [2.24, 2.45) is 22.6 Å². The van der Waals surface area contributed by atoms with Crippen LogP contribution < -0.4 is 21.3 Å². The third kappa shape index (κ3) is 7.89. The zero-order valence-corrected chi connectivity index (χ0v) is 18.0. The van der Waals surface area contributed by atoms with Crippen LogP contribution >= 0.6 is 0 Å². The van der Waals surface area contributed by atoms with E-state index in [0.29, 0.717) is 25.6 Å². The Morgan fingerprint density at radius 2 is 2.10 bits per heavy atom. The van der Waals surface area contributed by atoms with Gasteiger partial charge in [-0.05, 0) is 31.2 Å². The zero-order valence-electron chi connectivity index (χ0n) is 18.0. The van der Waals surface area contributed by atoms with Gasteiger partial charge in [-0.2, -0.15) is 0 Å². The summed E-state index contributed by atoms with van der Waals surface area (Å²) in [5.74, 6) is 2.13. The van der Waals surface area contributed by atoms with E-state index in [2.05, 4.69) is 45.4 Å². The number of nitrogens with two attached hydrogens (primary N) is 1. The van der Waals surface area contributed by atoms with Gasteiger partial charge in [0.15, 0.2) is 5.96 Å². The highest BCUT2D eigenvalue weighted by molar-refractivity contribution is 5.79. The average molecular weight is 405 g/mol. The molecular formula is C21H36N6O2. The number of guanidine groups is 1. The highest BCUT2D eigenvalue weighted by atomic mass is 16.5. The van der Waals surface area contributed by atoms with E-state index < -0.39 is 0 Å². The molecule has 0 aromatic carbocycles. The van der Waals surface area contributed by atoms with Crippen LogP contribution in [0.4, 0.5) is 5.82 Å². The molecule has 0 spiro atoms. The quantitative estimate of drug-likeness (QED) is 0.310. The van der Waals surface area contributed by atoms with Crippen molar-refractivity contribution in [1.29, 1.82) is 0 Å². The number of primary amides is 1. The largest absolute Gasteiger partial charge is 0.380 e. The maximum Gasteiger partial charge on any atom is 0.220 e. The number of aliphatic imine (C=N–C) groups is 1. The summed E-state index contributed by atoms with van der Waals surface area (Å²) in [6.45, 7) is 8.74. The minimum absolute atomic E-state index is 0.0256. The minimum atomic E-state index is -0.199. The van der Waals surface area contributed by atoms with Gasteiger partial charge in [0.1, 0.15) is 5.82 Å². The monoisotopic (exact) mass is 404 g/mol. The number of anilines is 1. The van der Waals surface area contributed by atoms with Crippen LogP contribution in [0.2, 0.25) is 0 Å². The van der Waals surface area contributed by atoms with Crippen molar-refractivity contribution in [2.45, 2.75) is 39.7 Å². The van der Waals surface area contributed by atoms with Gasteiger partial charge in [0.05, 0.1) is 6.61 Å². The molecule has 1 fully saturated rings. The number of nitrogens with one attached hydrogen (secondary N) is 2. The minimum Gasteiger partial charge on any atom is -0.380 e. The first-order valence-corrected chi connectivity index (χ1v) is 10.5. The van der Waals surface area contributed by atoms with E-state index in [9.17, 15) is 4.79 Å². The van der Waals surface area contributed by atoms with Gasteiger partial charge in [0, 0.05) is 57.5 Å². The number of carbonyl (C=O) groups is 1. The van der Waals surface area contributed by atoms with Crippen LogP contribution in [0.25, 0.3) is 0 Å². The number of amides is 1. The molecule has 1 aromatic heterocycles. The number of rotatable bonds is 10. The number of nitrogens with zero attached hydrogens (tertiary/aromatic N) is 3. The topological polar surface area (TPSA) is 105 Å². The molecule has 4 N–H and O–H groups in total. The predicted molar refractivity (Wildman–Crippen MR) is 117 cm³/mol. The van der Waals surface area contributed by atoms with Gasteiger partial charge in [-0.25, -0.2) is 4.98 Å². The third-order valence-electron chi connectivity index (χ3n) is 5.11. The Labute approximate surface area is 174 Å². The lowest BCUT2D eigenvalue weighted by atomic mass is 9.96. The number of aromatic nitrogens is 1. The SMILES string of the molecule is CN=C(NCCOCCC(C)C)NCc1cccnc1N1CCC(C(N)=O)CC1. The molecule has 0 radical (unpaired) electrons. The first-order valence-electron chi connectivity index (χ1n) is 10.5. The summed E-state index contributed by atoms with van der Waals surface area (Å²) in [7, 11) is 1.76. The highest BCUT2D eigenvalue weighted by Gasteiger charge is 2.24. The molecule has 2 rings (SSSR count). The summed E-state index contributed by atoms with van der Waals surface area (Å²) in [6.07, 6.45) is 4.44. The Kier molecular flexibility index (Phi) is 9.70. The second-order valence-corrected chi connectivity index (χ2v) is 7.80. The summed E-state index contributed by atoms with van der Waals surface area (Å²) in [6, 6.07) is 4.01. The molecule has 8 heteroatoms. The second-order valence-electron chi connectivity index (χ2n) is 7.80. The third-order valence-corrected chi connectivity index (χ3v) is 5.11. The lowest BCUT2D eigenvalue weighted by molar-refractivity contribution is -0.122. The molecule has 1 aliphatic rings. The lowest BCUT2D eigenvalue weighted by Crippen LogP contribution is -2.41. The number of pyridine rings is 1. The summed E-state index contributed by atoms with van der Waals surface area (Å²) >= 11 is 0. The van der Waals surface area contributed by atoms with E-state index in [1.807, 2.05) is 6.07 Å². The van der Waals surface area contributed by atoms with Gasteiger partial charge in [0.2, 0.25) is 5.91 Å². The number of piperidine rings is 1. The number of hydrogen-bond donors (Lipinski definition) is 3. The molecule has 0 atom stereocenters. The molecule has 8 nitrogen and oxygen atoms in total. The number of ether oxygens (including phenoxy) is 1. The number of carbonyl (C=O) groups excluding carboxylic acids is 1. The Morgan fingerprint density at radius 3 is 2.76 bits per heavy atom. The van der Waals surface area contributed by atoms with E-state index in [0.717, 1.165) is 56.3 Å². The normalized spacial score (nSPS) is 15.6. The highest BCUT2D eigenvalue weighted by Crippen LogP contribution is 2.24. The molecule has 1 amide bonds. The fourth-order valence-corrected chi connectivity index (χ4v) is 3.29. The van der Waals surface area contributed by atoms with Gasteiger partial charge in [-0.3, -0.25) is 9.79 Å². The fourth-order valence-electron chi connectivity index (χ4n) is 3.29. The van der Waals surface area contributed by atoms with Crippen LogP contribution in [-0.4, -0.2) is 56.7 Å². The van der Waals surface area contributed by atoms with Gasteiger partial charge in [0.25, 0.3) is 0 Å². The molecule has 2 heterocycles. The molecule has 1 aromatic rings. The average Bonchev–Trinajstić information content (AvgIpc) is 2.72. The van der Waals surface area contributed by atoms with Crippen molar-refractivity contribution in [1.82, 2.24) is 15.6 Å². The summed E-state index contributed by atoms with van der Waals surface area (Å²) in [4.78, 5) is 22.5. The molecule has 1 saturated heterocycles. The molecule has 0 saturated carbocycles. The van der Waals surface area contributed by atoms with E-state index in [1.165, 1.54) is 0 Å². The van der Waals surface area contributed by atoms with Crippen molar-refractivity contribution in [2.75, 3.05) is 44.8 Å². The van der Waals surface area contributed by atoms with Gasteiger partial charge < -0.3 is 26.0 Å². The molecule has 1 aliphatic heterocycles. The maximum absolute atomic E-state index is 11.4. The standard InChI is InChI=1S/C21H36N6O2/c1-16(2)8-13-29-14-10-25-21(23-3)26-15-18-5-4-9-24-20(18)27-11-6-17(7-12-27)19(22)28/h4-5,9,16-17H,6-8,10-15H2,1-3H3,(H2,22,28)(H2,23,25,26). The van der Waals surface area contributed by atoms with Crippen LogP contribution in [0.15, 0.2) is 23.3 Å². The zero-order chi connectivity index (χ0) is 21.1. The van der Waals surface area contributed by atoms with Gasteiger partial charge >= 0.3 is 0 Å². The second kappa shape index (κ2) is 12.3. The Morgan fingerprint density at radius 1 is 1.34 bits per heavy atom. The predicted octanol–water partition coefficient (Wildman–Crippen LogP) is 1.51. The first kappa shape index (κ1) is 22.9. The first-order chi connectivity index (χ1) is 14.0. The lowest BCUT2D eigenvalue weighted by Gasteiger charge is -2.32. The van der Waals surface area contributed by atoms with Gasteiger partial charge in [-0.15, -0.1) is 0 Å². The molecule has 0 aliphatic carbocycles. The van der Waals surface area contributed by atoms with Crippen molar-refractivity contribution < 1.29 is 9.53 Å². The Bertz CT molecular complexity index is 656. The van der Waals surface area contributed by atoms with Crippen LogP contribution in [0.1, 0.15) is 38.7 Å². The van der Waals surface area contributed by atoms with E-state index >= 15 is 0 Å². The summed E-state index contributed by atoms with van der Waals surface area (Å²) in [5, 5.41) is 6.62. The maximum atomic E-state index is 11.4. The van der Waals surface area contributed by atoms with E-state index in [4.69, 9.17) is 10.5 Å². The summed E-state index contributed by atoms with van der Waals surface area (Å²) in [5.41, 5.74) is 6.54. The van der Waals surface area contributed by atoms with Crippen molar-refractivity contribution in [3.05, 3.63) is 23.9 Å². The molecule has 29 heavy (non-hydrogen) atoms. The smallest absolute Gasteiger partial charge is 0.220 e. The molecular weight excluding hydrogens is 368 g/mol. The van der Waals surface area contributed by atoms with Crippen molar-refractivity contribution >= 4 is 17.7 Å². The van der Waals surface area contributed by atoms with E-state index in [-0.39, 0.29) is 11.8 Å². The molecule has 162 valence electrons. The Balaban J connectivity index is 1.80. The van der Waals surface area contributed by atoms with Crippen LogP contribution in [0.3, 0.4) is 0 Å². The van der Waals surface area contributed by atoms with E-state index in [1.54, 1.807) is 13.2 Å². The number of hydrogen-bond acceptors (Lipinski definition) is 5. The van der Waals surface area contributed by atoms with Crippen LogP contribution in [-0.2, 0) is 16.1 Å². The van der Waals surface area contributed by atoms with Crippen molar-refractivity contribution in [3.8, 4) is 0 Å². The molecule has 0 bridgehead atoms. The fraction of sp³-hybridized carbons (Fsp3) is 0.667. The van der Waals surface area contributed by atoms with Crippen LogP contribution in [0, 0.1) is 11.8 Å². The summed E-state index contributed by atoms with van der Waals surface area (Å²) < 4.78 is 5.63. The van der Waals surface area contributed by atoms with Crippen LogP contribution in [0.5, 0.6) is 0 Å². The van der Waals surface area contributed by atoms with Gasteiger partial charge in [-0.1, -0.05) is 19.9 Å². The van der Waals surface area contributed by atoms with Crippen molar-refractivity contribution in [3.63, 3.8) is 0 Å². The molecule has 0 unspecified atom stereocenters.